The number of methoxy groups -OCH3 is 1. The van der Waals surface area contributed by atoms with Gasteiger partial charge in [0.1, 0.15) is 11.5 Å². The summed E-state index contributed by atoms with van der Waals surface area (Å²) in [5.74, 6) is 2.26. The Bertz CT molecular complexity index is 785. The average Bonchev–Trinajstić information content (AvgIpc) is 2.65. The highest BCUT2D eigenvalue weighted by Crippen LogP contribution is 2.27. The second-order valence-electron chi connectivity index (χ2n) is 5.71. The van der Waals surface area contributed by atoms with Gasteiger partial charge in [-0.25, -0.2) is 4.98 Å². The van der Waals surface area contributed by atoms with Gasteiger partial charge in [-0.05, 0) is 49.7 Å². The van der Waals surface area contributed by atoms with Gasteiger partial charge >= 0.3 is 0 Å². The van der Waals surface area contributed by atoms with Crippen LogP contribution in [0.3, 0.4) is 0 Å². The first-order chi connectivity index (χ1) is 12.2. The van der Waals surface area contributed by atoms with Gasteiger partial charge in [-0.15, -0.1) is 0 Å². The summed E-state index contributed by atoms with van der Waals surface area (Å²) in [6.45, 7) is 3.37. The number of hydrogen-bond acceptors (Lipinski definition) is 5. The lowest BCUT2D eigenvalue weighted by Crippen LogP contribution is -2.34. The van der Waals surface area contributed by atoms with Gasteiger partial charge in [0.25, 0.3) is 0 Å². The maximum atomic E-state index is 9.58. The summed E-state index contributed by atoms with van der Waals surface area (Å²) in [6, 6.07) is 11.0. The lowest BCUT2D eigenvalue weighted by molar-refractivity contribution is 0.302. The van der Waals surface area contributed by atoms with Crippen molar-refractivity contribution in [3.05, 3.63) is 59.8 Å². The Labute approximate surface area is 147 Å². The molecule has 1 aliphatic rings. The molecule has 0 spiro atoms. The van der Waals surface area contributed by atoms with E-state index in [0.29, 0.717) is 29.6 Å². The third-order valence-corrected chi connectivity index (χ3v) is 3.97. The molecule has 25 heavy (non-hydrogen) atoms. The molecule has 1 aliphatic heterocycles. The second kappa shape index (κ2) is 7.70. The first-order valence-corrected chi connectivity index (χ1v) is 8.13. The Balaban J connectivity index is 1.92. The van der Waals surface area contributed by atoms with Crippen LogP contribution in [0, 0.1) is 6.92 Å². The summed E-state index contributed by atoms with van der Waals surface area (Å²) in [6.07, 6.45) is 5.08. The molecule has 1 N–H and O–H groups in total. The molecule has 0 aliphatic carbocycles. The molecule has 6 nitrogen and oxygen atoms in total. The van der Waals surface area contributed by atoms with E-state index in [1.54, 1.807) is 7.11 Å². The number of amidine groups is 1. The van der Waals surface area contributed by atoms with Crippen LogP contribution in [0.1, 0.15) is 17.7 Å². The van der Waals surface area contributed by atoms with E-state index in [1.807, 2.05) is 48.2 Å². The molecule has 0 saturated carbocycles. The normalized spacial score (nSPS) is 14.5. The van der Waals surface area contributed by atoms with Crippen LogP contribution in [0.15, 0.2) is 53.7 Å². The third-order valence-electron chi connectivity index (χ3n) is 3.97. The molecule has 0 radical (unpaired) electrons. The molecule has 0 fully saturated rings. The number of aromatic nitrogens is 1. The number of hydrogen-bond donors (Lipinski definition) is 1. The Hall–Kier alpha value is -3.02. The number of aryl methyl sites for hydroxylation is 1. The standard InChI is InChI=1S/C19H21N3O3/c1-14-6-11-17(18(21-23)22-12-4-3-5-13-22)19(20-14)25-16-9-7-15(24-2)8-10-16/h3-4,6-11,23H,5,12-13H2,1-2H3/b21-18-. The van der Waals surface area contributed by atoms with Crippen LogP contribution in [0.25, 0.3) is 0 Å². The topological polar surface area (TPSA) is 67.2 Å². The summed E-state index contributed by atoms with van der Waals surface area (Å²) in [5, 5.41) is 13.1. The summed E-state index contributed by atoms with van der Waals surface area (Å²) in [4.78, 5) is 6.48. The molecular formula is C19H21N3O3. The van der Waals surface area contributed by atoms with E-state index in [-0.39, 0.29) is 0 Å². The van der Waals surface area contributed by atoms with Crippen LogP contribution in [-0.2, 0) is 0 Å². The van der Waals surface area contributed by atoms with Crippen LogP contribution >= 0.6 is 0 Å². The predicted octanol–water partition coefficient (Wildman–Crippen LogP) is 3.59. The van der Waals surface area contributed by atoms with Gasteiger partial charge in [-0.2, -0.15) is 0 Å². The number of oxime groups is 1. The van der Waals surface area contributed by atoms with Crippen molar-refractivity contribution in [2.75, 3.05) is 20.2 Å². The number of rotatable bonds is 4. The Morgan fingerprint density at radius 1 is 1.12 bits per heavy atom. The maximum Gasteiger partial charge on any atom is 0.230 e. The lowest BCUT2D eigenvalue weighted by Gasteiger charge is -2.26. The highest BCUT2D eigenvalue weighted by molar-refractivity contribution is 6.00. The summed E-state index contributed by atoms with van der Waals surface area (Å²) in [7, 11) is 1.62. The van der Waals surface area contributed by atoms with Gasteiger partial charge in [-0.3, -0.25) is 0 Å². The molecule has 2 heterocycles. The fourth-order valence-electron chi connectivity index (χ4n) is 2.66. The molecule has 0 amide bonds. The molecular weight excluding hydrogens is 318 g/mol. The Morgan fingerprint density at radius 2 is 1.88 bits per heavy atom. The predicted molar refractivity (Wildman–Crippen MR) is 95.7 cm³/mol. The van der Waals surface area contributed by atoms with Gasteiger partial charge in [0.05, 0.1) is 12.7 Å². The monoisotopic (exact) mass is 339 g/mol. The van der Waals surface area contributed by atoms with Crippen molar-refractivity contribution in [1.82, 2.24) is 9.88 Å². The van der Waals surface area contributed by atoms with Crippen molar-refractivity contribution in [3.63, 3.8) is 0 Å². The van der Waals surface area contributed by atoms with E-state index in [4.69, 9.17) is 9.47 Å². The lowest BCUT2D eigenvalue weighted by atomic mass is 10.1. The minimum absolute atomic E-state index is 0.410. The van der Waals surface area contributed by atoms with E-state index < -0.39 is 0 Å². The SMILES string of the molecule is COc1ccc(Oc2nc(C)ccc2/C(=N/O)N2CC=CCC2)cc1. The number of nitrogens with zero attached hydrogens (tertiary/aromatic N) is 3. The quantitative estimate of drug-likeness (QED) is 0.303. The average molecular weight is 339 g/mol. The largest absolute Gasteiger partial charge is 0.497 e. The van der Waals surface area contributed by atoms with Crippen molar-refractivity contribution < 1.29 is 14.7 Å². The number of benzene rings is 1. The smallest absolute Gasteiger partial charge is 0.230 e. The second-order valence-corrected chi connectivity index (χ2v) is 5.71. The molecule has 3 rings (SSSR count). The Morgan fingerprint density at radius 3 is 2.52 bits per heavy atom. The molecule has 130 valence electrons. The summed E-state index contributed by atoms with van der Waals surface area (Å²) < 4.78 is 11.1. The first kappa shape index (κ1) is 16.8. The van der Waals surface area contributed by atoms with Gasteiger partial charge < -0.3 is 19.6 Å². The van der Waals surface area contributed by atoms with Crippen LogP contribution in [0.5, 0.6) is 17.4 Å². The van der Waals surface area contributed by atoms with E-state index in [0.717, 1.165) is 24.4 Å². The van der Waals surface area contributed by atoms with E-state index in [2.05, 4.69) is 22.3 Å². The van der Waals surface area contributed by atoms with Gasteiger partial charge in [-0.1, -0.05) is 17.3 Å². The molecule has 0 atom stereocenters. The zero-order valence-electron chi connectivity index (χ0n) is 14.3. The molecule has 2 aromatic rings. The molecule has 0 bridgehead atoms. The minimum atomic E-state index is 0.410. The van der Waals surface area contributed by atoms with Gasteiger partial charge in [0, 0.05) is 18.8 Å². The minimum Gasteiger partial charge on any atom is -0.497 e. The number of ether oxygens (including phenoxy) is 2. The zero-order chi connectivity index (χ0) is 17.6. The summed E-state index contributed by atoms with van der Waals surface area (Å²) >= 11 is 0. The van der Waals surface area contributed by atoms with Crippen molar-refractivity contribution >= 4 is 5.84 Å². The van der Waals surface area contributed by atoms with Gasteiger partial charge in [0.15, 0.2) is 5.84 Å². The van der Waals surface area contributed by atoms with Crippen LogP contribution in [0.2, 0.25) is 0 Å². The van der Waals surface area contributed by atoms with E-state index in [9.17, 15) is 5.21 Å². The van der Waals surface area contributed by atoms with Crippen LogP contribution < -0.4 is 9.47 Å². The molecule has 0 unspecified atom stereocenters. The first-order valence-electron chi connectivity index (χ1n) is 8.13. The molecule has 1 aromatic carbocycles. The Kier molecular flexibility index (Phi) is 5.18. The van der Waals surface area contributed by atoms with Crippen molar-refractivity contribution in [3.8, 4) is 17.4 Å². The molecule has 0 saturated heterocycles. The van der Waals surface area contributed by atoms with E-state index >= 15 is 0 Å². The van der Waals surface area contributed by atoms with Crippen LogP contribution in [-0.4, -0.2) is 41.1 Å². The highest BCUT2D eigenvalue weighted by Gasteiger charge is 2.20. The van der Waals surface area contributed by atoms with Gasteiger partial charge in [0.2, 0.25) is 5.88 Å². The van der Waals surface area contributed by atoms with E-state index in [1.165, 1.54) is 0 Å². The van der Waals surface area contributed by atoms with Crippen molar-refractivity contribution in [1.29, 1.82) is 0 Å². The fourth-order valence-corrected chi connectivity index (χ4v) is 2.66. The maximum absolute atomic E-state index is 9.58. The fraction of sp³-hybridized carbons (Fsp3) is 0.263. The molecule has 1 aromatic heterocycles. The van der Waals surface area contributed by atoms with Crippen molar-refractivity contribution in [2.24, 2.45) is 5.16 Å². The third kappa shape index (κ3) is 3.91. The highest BCUT2D eigenvalue weighted by atomic mass is 16.5. The van der Waals surface area contributed by atoms with Crippen molar-refractivity contribution in [2.45, 2.75) is 13.3 Å². The number of pyridine rings is 1. The van der Waals surface area contributed by atoms with Crippen LogP contribution in [0.4, 0.5) is 0 Å². The zero-order valence-corrected chi connectivity index (χ0v) is 14.3. The summed E-state index contributed by atoms with van der Waals surface area (Å²) in [5.41, 5.74) is 1.47. The molecule has 6 heteroatoms.